The molecule has 9 heteroatoms. The SMILES string of the molecule is NN/N=C(\N)CN(C(=O)CCC1CCCC1)c1ccc2c(cnn2O)c1. The van der Waals surface area contributed by atoms with E-state index < -0.39 is 0 Å². The van der Waals surface area contributed by atoms with Gasteiger partial charge in [0.1, 0.15) is 11.4 Å². The zero-order valence-corrected chi connectivity index (χ0v) is 14.6. The van der Waals surface area contributed by atoms with Crippen molar-refractivity contribution in [3.05, 3.63) is 24.4 Å². The largest absolute Gasteiger partial charge is 0.411 e. The van der Waals surface area contributed by atoms with Crippen molar-refractivity contribution in [2.24, 2.45) is 22.6 Å². The Labute approximate surface area is 151 Å². The van der Waals surface area contributed by atoms with E-state index in [1.165, 1.54) is 25.7 Å². The van der Waals surface area contributed by atoms with Crippen LogP contribution in [0.2, 0.25) is 0 Å². The summed E-state index contributed by atoms with van der Waals surface area (Å²) in [6.45, 7) is 0.131. The Morgan fingerprint density at radius 2 is 2.19 bits per heavy atom. The predicted octanol–water partition coefficient (Wildman–Crippen LogP) is 1.31. The number of amidine groups is 1. The zero-order valence-electron chi connectivity index (χ0n) is 14.6. The van der Waals surface area contributed by atoms with Crippen molar-refractivity contribution in [3.63, 3.8) is 0 Å². The fraction of sp³-hybridized carbons (Fsp3) is 0.471. The molecule has 1 aromatic heterocycles. The van der Waals surface area contributed by atoms with E-state index >= 15 is 0 Å². The minimum atomic E-state index is -0.0113. The smallest absolute Gasteiger partial charge is 0.227 e. The molecule has 2 aromatic rings. The molecule has 6 N–H and O–H groups in total. The summed E-state index contributed by atoms with van der Waals surface area (Å²) in [5.74, 6) is 6.01. The number of nitrogens with one attached hydrogen (secondary N) is 1. The summed E-state index contributed by atoms with van der Waals surface area (Å²) in [4.78, 5) is 15.3. The van der Waals surface area contributed by atoms with E-state index in [1.54, 1.807) is 29.3 Å². The number of benzene rings is 1. The van der Waals surface area contributed by atoms with Gasteiger partial charge >= 0.3 is 0 Å². The molecule has 1 aliphatic rings. The number of carbonyl (C=O) groups excluding carboxylic acids is 1. The Bertz CT molecular complexity index is 796. The van der Waals surface area contributed by atoms with Crippen LogP contribution in [0.1, 0.15) is 38.5 Å². The molecule has 26 heavy (non-hydrogen) atoms. The van der Waals surface area contributed by atoms with Gasteiger partial charge in [-0.05, 0) is 30.5 Å². The number of nitrogens with zero attached hydrogens (tertiary/aromatic N) is 4. The van der Waals surface area contributed by atoms with Crippen LogP contribution in [0.4, 0.5) is 5.69 Å². The molecule has 1 fully saturated rings. The van der Waals surface area contributed by atoms with Gasteiger partial charge in [0.15, 0.2) is 0 Å². The monoisotopic (exact) mass is 359 g/mol. The quantitative estimate of drug-likeness (QED) is 0.194. The van der Waals surface area contributed by atoms with Crippen LogP contribution in [0.25, 0.3) is 10.9 Å². The molecule has 0 aliphatic heterocycles. The second kappa shape index (κ2) is 8.05. The van der Waals surface area contributed by atoms with E-state index in [2.05, 4.69) is 15.7 Å². The second-order valence-corrected chi connectivity index (χ2v) is 6.68. The van der Waals surface area contributed by atoms with Gasteiger partial charge in [0, 0.05) is 17.5 Å². The third-order valence-corrected chi connectivity index (χ3v) is 4.91. The fourth-order valence-electron chi connectivity index (χ4n) is 3.54. The number of aromatic nitrogens is 2. The summed E-state index contributed by atoms with van der Waals surface area (Å²) in [7, 11) is 0. The predicted molar refractivity (Wildman–Crippen MR) is 99.4 cm³/mol. The average molecular weight is 359 g/mol. The van der Waals surface area contributed by atoms with Gasteiger partial charge in [-0.3, -0.25) is 4.79 Å². The normalized spacial score (nSPS) is 15.5. The lowest BCUT2D eigenvalue weighted by Gasteiger charge is -2.23. The number of hydrogen-bond donors (Lipinski definition) is 4. The molecule has 0 atom stereocenters. The van der Waals surface area contributed by atoms with E-state index in [-0.39, 0.29) is 18.3 Å². The number of nitrogens with two attached hydrogens (primary N) is 2. The summed E-state index contributed by atoms with van der Waals surface area (Å²) in [6, 6.07) is 5.27. The molecule has 1 aliphatic carbocycles. The summed E-state index contributed by atoms with van der Waals surface area (Å²) < 4.78 is 0. The van der Waals surface area contributed by atoms with Crippen LogP contribution in [0.3, 0.4) is 0 Å². The number of hydrazone groups is 1. The molecule has 0 unspecified atom stereocenters. The lowest BCUT2D eigenvalue weighted by Crippen LogP contribution is -2.40. The molecule has 0 spiro atoms. The molecule has 0 radical (unpaired) electrons. The molecule has 1 amide bonds. The Kier molecular flexibility index (Phi) is 5.57. The maximum atomic E-state index is 12.9. The number of hydrazine groups is 1. The highest BCUT2D eigenvalue weighted by atomic mass is 16.5. The molecule has 140 valence electrons. The topological polar surface area (TPSA) is 135 Å². The first-order valence-electron chi connectivity index (χ1n) is 8.83. The minimum Gasteiger partial charge on any atom is -0.411 e. The maximum Gasteiger partial charge on any atom is 0.227 e. The summed E-state index contributed by atoms with van der Waals surface area (Å²) in [5, 5.41) is 17.9. The van der Waals surface area contributed by atoms with Gasteiger partial charge in [-0.15, -0.1) is 9.94 Å². The second-order valence-electron chi connectivity index (χ2n) is 6.68. The first-order valence-corrected chi connectivity index (χ1v) is 8.83. The highest BCUT2D eigenvalue weighted by Crippen LogP contribution is 2.29. The molecule has 0 bridgehead atoms. The van der Waals surface area contributed by atoms with Gasteiger partial charge in [-0.2, -0.15) is 5.10 Å². The zero-order chi connectivity index (χ0) is 18.5. The number of fused-ring (bicyclic) bond motifs is 1. The van der Waals surface area contributed by atoms with E-state index in [0.717, 1.165) is 16.7 Å². The molecule has 1 aromatic carbocycles. The Morgan fingerprint density at radius 1 is 1.42 bits per heavy atom. The van der Waals surface area contributed by atoms with Crippen LogP contribution in [0.5, 0.6) is 0 Å². The number of carbonyl (C=O) groups is 1. The Morgan fingerprint density at radius 3 is 2.92 bits per heavy atom. The molecular formula is C17H25N7O2. The summed E-state index contributed by atoms with van der Waals surface area (Å²) in [5.41, 5.74) is 9.25. The van der Waals surface area contributed by atoms with Crippen molar-refractivity contribution in [1.29, 1.82) is 0 Å². The van der Waals surface area contributed by atoms with Crippen LogP contribution in [-0.2, 0) is 4.79 Å². The van der Waals surface area contributed by atoms with Crippen LogP contribution >= 0.6 is 0 Å². The lowest BCUT2D eigenvalue weighted by atomic mass is 10.0. The van der Waals surface area contributed by atoms with Gasteiger partial charge < -0.3 is 15.8 Å². The van der Waals surface area contributed by atoms with Crippen LogP contribution in [0.15, 0.2) is 29.5 Å². The van der Waals surface area contributed by atoms with Crippen molar-refractivity contribution in [2.45, 2.75) is 38.5 Å². The number of rotatable bonds is 7. The minimum absolute atomic E-state index is 0.0113. The van der Waals surface area contributed by atoms with Gasteiger partial charge in [0.05, 0.1) is 12.7 Å². The third kappa shape index (κ3) is 4.05. The Balaban J connectivity index is 1.80. The van der Waals surface area contributed by atoms with E-state index in [4.69, 9.17) is 11.6 Å². The van der Waals surface area contributed by atoms with E-state index in [9.17, 15) is 10.0 Å². The first-order chi connectivity index (χ1) is 12.6. The van der Waals surface area contributed by atoms with Gasteiger partial charge in [0.25, 0.3) is 0 Å². The molecule has 1 heterocycles. The van der Waals surface area contributed by atoms with Crippen molar-refractivity contribution in [1.82, 2.24) is 15.5 Å². The van der Waals surface area contributed by atoms with Crippen LogP contribution < -0.4 is 22.0 Å². The summed E-state index contributed by atoms with van der Waals surface area (Å²) in [6.07, 6.45) is 7.81. The number of hydrogen-bond acceptors (Lipinski definition) is 6. The van der Waals surface area contributed by atoms with Gasteiger partial charge in [0.2, 0.25) is 5.91 Å². The first kappa shape index (κ1) is 18.0. The highest BCUT2D eigenvalue weighted by Gasteiger charge is 2.21. The molecule has 1 saturated carbocycles. The van der Waals surface area contributed by atoms with Crippen molar-refractivity contribution in [3.8, 4) is 0 Å². The molecule has 0 saturated heterocycles. The van der Waals surface area contributed by atoms with E-state index in [1.807, 2.05) is 0 Å². The van der Waals surface area contributed by atoms with Crippen LogP contribution in [-0.4, -0.2) is 33.4 Å². The van der Waals surface area contributed by atoms with Crippen molar-refractivity contribution < 1.29 is 10.0 Å². The van der Waals surface area contributed by atoms with Gasteiger partial charge in [-0.1, -0.05) is 25.7 Å². The van der Waals surface area contributed by atoms with E-state index in [0.29, 0.717) is 23.5 Å². The fourth-order valence-corrected chi connectivity index (χ4v) is 3.54. The lowest BCUT2D eigenvalue weighted by molar-refractivity contribution is -0.118. The van der Waals surface area contributed by atoms with Crippen molar-refractivity contribution >= 4 is 28.3 Å². The molecular weight excluding hydrogens is 334 g/mol. The highest BCUT2D eigenvalue weighted by molar-refractivity contribution is 6.01. The number of amides is 1. The van der Waals surface area contributed by atoms with Crippen molar-refractivity contribution in [2.75, 3.05) is 11.4 Å². The number of anilines is 1. The van der Waals surface area contributed by atoms with Gasteiger partial charge in [-0.25, -0.2) is 11.4 Å². The standard InChI is InChI=1S/C17H25N7O2/c18-16(21-22-19)11-23(17(25)8-5-12-3-1-2-4-12)14-6-7-15-13(9-14)10-20-24(15)26/h6-7,9-10,12,22,26H,1-5,8,11,19H2,(H2,18,21). The average Bonchev–Trinajstić information content (AvgIpc) is 3.28. The molecule has 3 rings (SSSR count). The summed E-state index contributed by atoms with van der Waals surface area (Å²) >= 11 is 0. The van der Waals surface area contributed by atoms with Crippen LogP contribution in [0, 0.1) is 5.92 Å². The Hall–Kier alpha value is -2.81. The molecule has 9 nitrogen and oxygen atoms in total. The maximum absolute atomic E-state index is 12.9. The third-order valence-electron chi connectivity index (χ3n) is 4.91.